The second kappa shape index (κ2) is 6.52. The Morgan fingerprint density at radius 1 is 1.44 bits per heavy atom. The minimum Gasteiger partial charge on any atom is -0.469 e. The Balaban J connectivity index is 2.39. The number of ether oxygens (including phenoxy) is 1. The number of hydrogen-bond acceptors (Lipinski definition) is 3. The Hall–Kier alpha value is -1.95. The fourth-order valence-corrected chi connectivity index (χ4v) is 1.19. The molecular formula is C13H15NO2. The Bertz CT molecular complexity index is 415. The first-order valence-electron chi connectivity index (χ1n) is 5.14. The monoisotopic (exact) mass is 217 g/mol. The molecular weight excluding hydrogens is 202 g/mol. The van der Waals surface area contributed by atoms with Crippen LogP contribution in [0.4, 0.5) is 5.69 Å². The Morgan fingerprint density at radius 3 is 2.88 bits per heavy atom. The van der Waals surface area contributed by atoms with Crippen LogP contribution in [0.5, 0.6) is 0 Å². The quantitative estimate of drug-likeness (QED) is 0.364. The van der Waals surface area contributed by atoms with Gasteiger partial charge < -0.3 is 10.5 Å². The van der Waals surface area contributed by atoms with Crippen LogP contribution in [0.25, 0.3) is 0 Å². The number of rotatable bonds is 3. The molecule has 0 saturated carbocycles. The van der Waals surface area contributed by atoms with E-state index in [1.165, 1.54) is 7.11 Å². The number of carbonyl (C=O) groups excluding carboxylic acids is 1. The van der Waals surface area contributed by atoms with Gasteiger partial charge in [0.25, 0.3) is 0 Å². The normalized spacial score (nSPS) is 9.06. The molecule has 16 heavy (non-hydrogen) atoms. The molecule has 0 fully saturated rings. The smallest absolute Gasteiger partial charge is 0.305 e. The number of anilines is 1. The van der Waals surface area contributed by atoms with Gasteiger partial charge in [-0.15, -0.1) is 0 Å². The van der Waals surface area contributed by atoms with Crippen LogP contribution in [0, 0.1) is 11.8 Å². The van der Waals surface area contributed by atoms with Gasteiger partial charge in [-0.05, 0) is 18.6 Å². The highest BCUT2D eigenvalue weighted by Crippen LogP contribution is 2.08. The minimum atomic E-state index is -0.193. The van der Waals surface area contributed by atoms with Crippen molar-refractivity contribution in [3.8, 4) is 11.8 Å². The van der Waals surface area contributed by atoms with Gasteiger partial charge in [0, 0.05) is 24.1 Å². The van der Waals surface area contributed by atoms with Crippen molar-refractivity contribution in [1.29, 1.82) is 0 Å². The third-order valence-electron chi connectivity index (χ3n) is 2.09. The number of hydrogen-bond donors (Lipinski definition) is 1. The molecule has 0 aliphatic carbocycles. The Labute approximate surface area is 95.6 Å². The van der Waals surface area contributed by atoms with Crippen LogP contribution in [0.2, 0.25) is 0 Å². The number of methoxy groups -OCH3 is 1. The standard InChI is InChI=1S/C13H15NO2/c1-16-13(15)10-4-2-3-7-11-8-5-6-9-12(11)14/h5-6,8-9H,2,4,10,14H2,1H3. The fraction of sp³-hybridized carbons (Fsp3) is 0.308. The molecule has 2 N–H and O–H groups in total. The van der Waals surface area contributed by atoms with Gasteiger partial charge in [0.05, 0.1) is 7.11 Å². The SMILES string of the molecule is COC(=O)CCCC#Cc1ccccc1N. The molecule has 0 aromatic heterocycles. The first-order chi connectivity index (χ1) is 7.74. The summed E-state index contributed by atoms with van der Waals surface area (Å²) < 4.78 is 4.53. The van der Waals surface area contributed by atoms with Crippen LogP contribution < -0.4 is 5.73 Å². The highest BCUT2D eigenvalue weighted by atomic mass is 16.5. The summed E-state index contributed by atoms with van der Waals surface area (Å²) in [6.07, 6.45) is 1.80. The molecule has 0 spiro atoms. The second-order valence-corrected chi connectivity index (χ2v) is 3.32. The molecule has 1 aromatic rings. The van der Waals surface area contributed by atoms with E-state index in [-0.39, 0.29) is 5.97 Å². The Morgan fingerprint density at radius 2 is 2.19 bits per heavy atom. The average molecular weight is 217 g/mol. The van der Waals surface area contributed by atoms with E-state index in [0.29, 0.717) is 24.9 Å². The minimum absolute atomic E-state index is 0.193. The lowest BCUT2D eigenvalue weighted by Gasteiger charge is -1.96. The maximum absolute atomic E-state index is 10.8. The van der Waals surface area contributed by atoms with E-state index in [1.54, 1.807) is 0 Å². The number of benzene rings is 1. The molecule has 1 aromatic carbocycles. The second-order valence-electron chi connectivity index (χ2n) is 3.32. The van der Waals surface area contributed by atoms with E-state index < -0.39 is 0 Å². The summed E-state index contributed by atoms with van der Waals surface area (Å²) in [6, 6.07) is 7.47. The van der Waals surface area contributed by atoms with E-state index >= 15 is 0 Å². The molecule has 0 unspecified atom stereocenters. The molecule has 3 nitrogen and oxygen atoms in total. The topological polar surface area (TPSA) is 52.3 Å². The largest absolute Gasteiger partial charge is 0.469 e. The summed E-state index contributed by atoms with van der Waals surface area (Å²) >= 11 is 0. The van der Waals surface area contributed by atoms with Crippen molar-refractivity contribution in [2.45, 2.75) is 19.3 Å². The van der Waals surface area contributed by atoms with E-state index in [4.69, 9.17) is 5.73 Å². The van der Waals surface area contributed by atoms with E-state index in [0.717, 1.165) is 5.56 Å². The summed E-state index contributed by atoms with van der Waals surface area (Å²) in [6.45, 7) is 0. The van der Waals surface area contributed by atoms with Crippen molar-refractivity contribution in [1.82, 2.24) is 0 Å². The molecule has 0 bridgehead atoms. The molecule has 84 valence electrons. The van der Waals surface area contributed by atoms with E-state index in [9.17, 15) is 4.79 Å². The van der Waals surface area contributed by atoms with Gasteiger partial charge >= 0.3 is 5.97 Å². The van der Waals surface area contributed by atoms with Gasteiger partial charge in [0.15, 0.2) is 0 Å². The summed E-state index contributed by atoms with van der Waals surface area (Å²) in [4.78, 5) is 10.8. The first-order valence-corrected chi connectivity index (χ1v) is 5.14. The van der Waals surface area contributed by atoms with Crippen LogP contribution in [-0.4, -0.2) is 13.1 Å². The zero-order chi connectivity index (χ0) is 11.8. The maximum atomic E-state index is 10.8. The molecule has 0 amide bonds. The third kappa shape index (κ3) is 4.05. The lowest BCUT2D eigenvalue weighted by atomic mass is 10.1. The van der Waals surface area contributed by atoms with Crippen molar-refractivity contribution in [3.05, 3.63) is 29.8 Å². The van der Waals surface area contributed by atoms with E-state index in [2.05, 4.69) is 16.6 Å². The zero-order valence-corrected chi connectivity index (χ0v) is 9.32. The van der Waals surface area contributed by atoms with Crippen molar-refractivity contribution in [2.24, 2.45) is 0 Å². The highest BCUT2D eigenvalue weighted by Gasteiger charge is 1.97. The van der Waals surface area contributed by atoms with Crippen LogP contribution in [0.1, 0.15) is 24.8 Å². The lowest BCUT2D eigenvalue weighted by molar-refractivity contribution is -0.140. The zero-order valence-electron chi connectivity index (χ0n) is 9.32. The first kappa shape index (κ1) is 12.1. The number of para-hydroxylation sites is 1. The van der Waals surface area contributed by atoms with Crippen molar-refractivity contribution in [3.63, 3.8) is 0 Å². The fourth-order valence-electron chi connectivity index (χ4n) is 1.19. The van der Waals surface area contributed by atoms with Gasteiger partial charge in [-0.25, -0.2) is 0 Å². The lowest BCUT2D eigenvalue weighted by Crippen LogP contribution is -1.98. The maximum Gasteiger partial charge on any atom is 0.305 e. The molecule has 0 heterocycles. The van der Waals surface area contributed by atoms with Gasteiger partial charge in [0.1, 0.15) is 0 Å². The molecule has 1 rings (SSSR count). The number of unbranched alkanes of at least 4 members (excludes halogenated alkanes) is 1. The predicted molar refractivity (Wildman–Crippen MR) is 63.6 cm³/mol. The number of carbonyl (C=O) groups is 1. The van der Waals surface area contributed by atoms with Crippen molar-refractivity contribution >= 4 is 11.7 Å². The van der Waals surface area contributed by atoms with Crippen LogP contribution in [0.3, 0.4) is 0 Å². The highest BCUT2D eigenvalue weighted by molar-refractivity contribution is 5.69. The van der Waals surface area contributed by atoms with Crippen LogP contribution in [0.15, 0.2) is 24.3 Å². The van der Waals surface area contributed by atoms with Crippen LogP contribution in [-0.2, 0) is 9.53 Å². The average Bonchev–Trinajstić information content (AvgIpc) is 2.30. The van der Waals surface area contributed by atoms with Gasteiger partial charge in [-0.1, -0.05) is 24.0 Å². The molecule has 0 atom stereocenters. The summed E-state index contributed by atoms with van der Waals surface area (Å²) in [5.74, 6) is 5.77. The summed E-state index contributed by atoms with van der Waals surface area (Å²) in [5, 5.41) is 0. The number of nitrogens with two attached hydrogens (primary N) is 1. The summed E-state index contributed by atoms with van der Waals surface area (Å²) in [7, 11) is 1.39. The van der Waals surface area contributed by atoms with Crippen molar-refractivity contribution < 1.29 is 9.53 Å². The van der Waals surface area contributed by atoms with E-state index in [1.807, 2.05) is 24.3 Å². The van der Waals surface area contributed by atoms with Gasteiger partial charge in [-0.3, -0.25) is 4.79 Å². The molecule has 0 aliphatic rings. The summed E-state index contributed by atoms with van der Waals surface area (Å²) in [5.41, 5.74) is 7.25. The molecule has 3 heteroatoms. The van der Waals surface area contributed by atoms with Gasteiger partial charge in [-0.2, -0.15) is 0 Å². The predicted octanol–water partition coefficient (Wildman–Crippen LogP) is 1.96. The molecule has 0 aliphatic heterocycles. The van der Waals surface area contributed by atoms with Crippen molar-refractivity contribution in [2.75, 3.05) is 12.8 Å². The third-order valence-corrected chi connectivity index (χ3v) is 2.09. The molecule has 0 saturated heterocycles. The number of nitrogen functional groups attached to an aromatic ring is 1. The Kier molecular flexibility index (Phi) is 4.94. The molecule has 0 radical (unpaired) electrons. The van der Waals surface area contributed by atoms with Crippen LogP contribution >= 0.6 is 0 Å². The van der Waals surface area contributed by atoms with Gasteiger partial charge in [0.2, 0.25) is 0 Å². The number of esters is 1.